The molecule has 10 heavy (non-hydrogen) atoms. The van der Waals surface area contributed by atoms with Gasteiger partial charge in [0.15, 0.2) is 0 Å². The molecule has 0 saturated heterocycles. The molecule has 0 aliphatic heterocycles. The molecule has 0 heterocycles. The van der Waals surface area contributed by atoms with Gasteiger partial charge in [0.1, 0.15) is 5.67 Å². The van der Waals surface area contributed by atoms with Gasteiger partial charge in [-0.05, 0) is 12.8 Å². The largest absolute Gasteiger partial charge is 0.243 e. The van der Waals surface area contributed by atoms with Crippen LogP contribution in [0.4, 0.5) is 4.39 Å². The molecule has 1 aliphatic carbocycles. The Balaban J connectivity index is 0.000000810. The summed E-state index contributed by atoms with van der Waals surface area (Å²) in [5, 5.41) is 4.59. The van der Waals surface area contributed by atoms with E-state index in [0.29, 0.717) is 12.8 Å². The van der Waals surface area contributed by atoms with E-state index in [1.165, 1.54) is 0 Å². The first-order valence-corrected chi connectivity index (χ1v) is 4.32. The number of nitrogens with two attached hydrogens (primary N) is 1. The third-order valence-electron chi connectivity index (χ3n) is 1.25. The predicted octanol–water partition coefficient (Wildman–Crippen LogP) is 0.199. The monoisotopic (exact) mass is 189 g/mol. The van der Waals surface area contributed by atoms with Gasteiger partial charge >= 0.3 is 0 Å². The van der Waals surface area contributed by atoms with E-state index < -0.39 is 21.4 Å². The molecule has 0 bridgehead atoms. The molecule has 0 spiro atoms. The fourth-order valence-corrected chi connectivity index (χ4v) is 1.65. The van der Waals surface area contributed by atoms with Crippen LogP contribution in [0.15, 0.2) is 0 Å². The van der Waals surface area contributed by atoms with Crippen molar-refractivity contribution >= 4 is 22.4 Å². The average Bonchev–Trinajstić information content (AvgIpc) is 2.12. The van der Waals surface area contributed by atoms with Crippen LogP contribution in [0.3, 0.4) is 0 Å². The van der Waals surface area contributed by atoms with Crippen LogP contribution in [0.2, 0.25) is 0 Å². The zero-order chi connectivity index (χ0) is 7.12. The summed E-state index contributed by atoms with van der Waals surface area (Å²) in [6.45, 7) is 0. The molecule has 0 aromatic rings. The minimum Gasteiger partial charge on any atom is -0.243 e. The van der Waals surface area contributed by atoms with E-state index in [4.69, 9.17) is 0 Å². The third-order valence-corrected chi connectivity index (χ3v) is 2.17. The smallest absolute Gasteiger partial charge is 0.212 e. The van der Waals surface area contributed by atoms with Crippen molar-refractivity contribution in [3.8, 4) is 0 Å². The average molecular weight is 190 g/mol. The van der Waals surface area contributed by atoms with Gasteiger partial charge in [0.05, 0.1) is 5.75 Å². The first-order valence-electron chi connectivity index (χ1n) is 2.61. The second kappa shape index (κ2) is 2.64. The maximum absolute atomic E-state index is 12.5. The molecular weight excluding hydrogens is 181 g/mol. The summed E-state index contributed by atoms with van der Waals surface area (Å²) in [5.74, 6) is -0.514. The number of sulfonamides is 1. The van der Waals surface area contributed by atoms with Crippen molar-refractivity contribution in [1.82, 2.24) is 0 Å². The van der Waals surface area contributed by atoms with Crippen molar-refractivity contribution in [1.29, 1.82) is 0 Å². The zero-order valence-corrected chi connectivity index (χ0v) is 6.84. The summed E-state index contributed by atoms with van der Waals surface area (Å²) in [4.78, 5) is 0. The summed E-state index contributed by atoms with van der Waals surface area (Å²) in [6, 6.07) is 0. The number of primary sulfonamides is 1. The minimum absolute atomic E-state index is 0. The van der Waals surface area contributed by atoms with Crippen LogP contribution in [0.25, 0.3) is 0 Å². The van der Waals surface area contributed by atoms with Crippen molar-refractivity contribution < 1.29 is 12.8 Å². The fourth-order valence-electron chi connectivity index (χ4n) is 0.641. The molecule has 62 valence electrons. The molecule has 1 saturated carbocycles. The third kappa shape index (κ3) is 3.34. The predicted molar refractivity (Wildman–Crippen MR) is 38.3 cm³/mol. The molecule has 2 N–H and O–H groups in total. The van der Waals surface area contributed by atoms with E-state index in [-0.39, 0.29) is 12.4 Å². The number of halogens is 2. The lowest BCUT2D eigenvalue weighted by Gasteiger charge is -1.99. The van der Waals surface area contributed by atoms with Crippen molar-refractivity contribution in [2.75, 3.05) is 5.75 Å². The molecule has 0 radical (unpaired) electrons. The highest BCUT2D eigenvalue weighted by atomic mass is 35.5. The first-order chi connectivity index (χ1) is 3.91. The van der Waals surface area contributed by atoms with E-state index in [9.17, 15) is 12.8 Å². The van der Waals surface area contributed by atoms with Crippen molar-refractivity contribution in [3.63, 3.8) is 0 Å². The topological polar surface area (TPSA) is 60.2 Å². The van der Waals surface area contributed by atoms with Crippen LogP contribution in [0.5, 0.6) is 0 Å². The Morgan fingerprint density at radius 3 is 2.00 bits per heavy atom. The molecule has 1 fully saturated rings. The van der Waals surface area contributed by atoms with Crippen LogP contribution >= 0.6 is 12.4 Å². The van der Waals surface area contributed by atoms with Gasteiger partial charge < -0.3 is 0 Å². The highest BCUT2D eigenvalue weighted by Crippen LogP contribution is 2.40. The Labute approximate surface area is 65.2 Å². The fraction of sp³-hybridized carbons (Fsp3) is 1.00. The molecule has 1 rings (SSSR count). The lowest BCUT2D eigenvalue weighted by Crippen LogP contribution is -2.24. The van der Waals surface area contributed by atoms with E-state index in [2.05, 4.69) is 5.14 Å². The normalized spacial score (nSPS) is 21.4. The summed E-state index contributed by atoms with van der Waals surface area (Å²) in [7, 11) is -3.59. The number of hydrogen-bond acceptors (Lipinski definition) is 2. The molecule has 0 aromatic carbocycles. The van der Waals surface area contributed by atoms with Crippen LogP contribution in [-0.4, -0.2) is 19.8 Å². The Morgan fingerprint density at radius 1 is 1.50 bits per heavy atom. The van der Waals surface area contributed by atoms with Gasteiger partial charge in [0, 0.05) is 0 Å². The van der Waals surface area contributed by atoms with Gasteiger partial charge in [-0.25, -0.2) is 17.9 Å². The van der Waals surface area contributed by atoms with Gasteiger partial charge in [-0.1, -0.05) is 0 Å². The minimum atomic E-state index is -3.59. The molecule has 6 heteroatoms. The summed E-state index contributed by atoms with van der Waals surface area (Å²) >= 11 is 0. The standard InChI is InChI=1S/C4H8FNO2S.ClH/c5-4(1-2-4)3-9(6,7)8;/h1-3H2,(H2,6,7,8);1H. The van der Waals surface area contributed by atoms with Gasteiger partial charge in [0.25, 0.3) is 0 Å². The van der Waals surface area contributed by atoms with E-state index in [1.54, 1.807) is 0 Å². The molecular formula is C4H9ClFNO2S. The maximum Gasteiger partial charge on any atom is 0.212 e. The van der Waals surface area contributed by atoms with Crippen LogP contribution in [0.1, 0.15) is 12.8 Å². The summed E-state index contributed by atoms with van der Waals surface area (Å²) < 4.78 is 33.0. The van der Waals surface area contributed by atoms with Gasteiger partial charge in [0.2, 0.25) is 10.0 Å². The SMILES string of the molecule is Cl.NS(=O)(=O)CC1(F)CC1. The Kier molecular flexibility index (Phi) is 2.67. The second-order valence-corrected chi connectivity index (χ2v) is 4.07. The van der Waals surface area contributed by atoms with Crippen molar-refractivity contribution in [2.24, 2.45) is 5.14 Å². The zero-order valence-electron chi connectivity index (χ0n) is 5.21. The molecule has 0 aromatic heterocycles. The summed E-state index contributed by atoms with van der Waals surface area (Å²) in [6.07, 6.45) is 0.673. The molecule has 3 nitrogen and oxygen atoms in total. The Hall–Kier alpha value is 0.130. The van der Waals surface area contributed by atoms with E-state index in [1.807, 2.05) is 0 Å². The lowest BCUT2D eigenvalue weighted by atomic mass is 10.5. The van der Waals surface area contributed by atoms with Crippen LogP contribution < -0.4 is 5.14 Å². The lowest BCUT2D eigenvalue weighted by molar-refractivity contribution is 0.340. The highest BCUT2D eigenvalue weighted by molar-refractivity contribution is 7.89. The van der Waals surface area contributed by atoms with Gasteiger partial charge in [-0.15, -0.1) is 12.4 Å². The van der Waals surface area contributed by atoms with Crippen LogP contribution in [0, 0.1) is 0 Å². The molecule has 0 atom stereocenters. The van der Waals surface area contributed by atoms with Crippen LogP contribution in [-0.2, 0) is 10.0 Å². The second-order valence-electron chi connectivity index (χ2n) is 2.46. The first kappa shape index (κ1) is 10.1. The van der Waals surface area contributed by atoms with Crippen molar-refractivity contribution in [2.45, 2.75) is 18.5 Å². The molecule has 0 unspecified atom stereocenters. The van der Waals surface area contributed by atoms with Gasteiger partial charge in [-0.3, -0.25) is 0 Å². The number of rotatable bonds is 2. The highest BCUT2D eigenvalue weighted by Gasteiger charge is 2.46. The van der Waals surface area contributed by atoms with Crippen molar-refractivity contribution in [3.05, 3.63) is 0 Å². The van der Waals surface area contributed by atoms with E-state index in [0.717, 1.165) is 0 Å². The summed E-state index contributed by atoms with van der Waals surface area (Å²) in [5.41, 5.74) is -1.48. The Bertz CT molecular complexity index is 211. The quantitative estimate of drug-likeness (QED) is 0.675. The van der Waals surface area contributed by atoms with Gasteiger partial charge in [-0.2, -0.15) is 0 Å². The Morgan fingerprint density at radius 2 is 1.90 bits per heavy atom. The maximum atomic E-state index is 12.5. The molecule has 0 amide bonds. The number of alkyl halides is 1. The van der Waals surface area contributed by atoms with E-state index >= 15 is 0 Å². The molecule has 1 aliphatic rings. The number of hydrogen-bond donors (Lipinski definition) is 1.